The Morgan fingerprint density at radius 2 is 1.72 bits per heavy atom. The van der Waals surface area contributed by atoms with Gasteiger partial charge in [0.15, 0.2) is 23.3 Å². The molecule has 0 radical (unpaired) electrons. The minimum Gasteiger partial charge on any atom is -0.467 e. The molecule has 25 heavy (non-hydrogen) atoms. The van der Waals surface area contributed by atoms with Crippen LogP contribution in [0.3, 0.4) is 0 Å². The van der Waals surface area contributed by atoms with Gasteiger partial charge in [-0.1, -0.05) is 18.2 Å². The number of hydrogen-bond acceptors (Lipinski definition) is 6. The lowest BCUT2D eigenvalue weighted by molar-refractivity contribution is -0.141. The molecular weight excluding hydrogens is 326 g/mol. The number of benzene rings is 2. The predicted molar refractivity (Wildman–Crippen MR) is 86.6 cm³/mol. The fourth-order valence-corrected chi connectivity index (χ4v) is 2.37. The molecule has 2 aromatic carbocycles. The van der Waals surface area contributed by atoms with Gasteiger partial charge in [-0.15, -0.1) is 0 Å². The van der Waals surface area contributed by atoms with Crippen LogP contribution in [0, 0.1) is 0 Å². The van der Waals surface area contributed by atoms with Crippen molar-refractivity contribution in [2.24, 2.45) is 0 Å². The first-order valence-corrected chi connectivity index (χ1v) is 7.48. The number of carbonyl (C=O) groups excluding carboxylic acids is 3. The smallest absolute Gasteiger partial charge is 0.336 e. The van der Waals surface area contributed by atoms with Gasteiger partial charge in [-0.05, 0) is 30.3 Å². The molecule has 128 valence electrons. The molecule has 0 spiro atoms. The van der Waals surface area contributed by atoms with E-state index >= 15 is 0 Å². The zero-order valence-electron chi connectivity index (χ0n) is 13.4. The molecule has 1 aliphatic heterocycles. The molecular formula is C18H15NO6. The first-order valence-electron chi connectivity index (χ1n) is 7.48. The molecule has 0 fully saturated rings. The molecule has 0 saturated heterocycles. The van der Waals surface area contributed by atoms with Crippen LogP contribution < -0.4 is 14.8 Å². The van der Waals surface area contributed by atoms with Crippen LogP contribution in [0.2, 0.25) is 0 Å². The fraction of sp³-hybridized carbons (Fsp3) is 0.167. The lowest BCUT2D eigenvalue weighted by Crippen LogP contribution is -2.47. The van der Waals surface area contributed by atoms with Gasteiger partial charge in [-0.2, -0.15) is 0 Å². The number of rotatable bonds is 5. The van der Waals surface area contributed by atoms with E-state index < -0.39 is 23.7 Å². The summed E-state index contributed by atoms with van der Waals surface area (Å²) in [4.78, 5) is 37.0. The Hall–Kier alpha value is -3.35. The summed E-state index contributed by atoms with van der Waals surface area (Å²) in [5, 5.41) is 2.41. The van der Waals surface area contributed by atoms with Crippen LogP contribution in [0.1, 0.15) is 20.7 Å². The Balaban J connectivity index is 1.84. The van der Waals surface area contributed by atoms with Crippen LogP contribution in [-0.4, -0.2) is 37.6 Å². The van der Waals surface area contributed by atoms with Gasteiger partial charge in [-0.3, -0.25) is 9.59 Å². The molecule has 7 nitrogen and oxygen atoms in total. The topological polar surface area (TPSA) is 90.9 Å². The summed E-state index contributed by atoms with van der Waals surface area (Å²) in [6, 6.07) is 11.4. The second-order valence-corrected chi connectivity index (χ2v) is 5.23. The summed E-state index contributed by atoms with van der Waals surface area (Å²) in [6.45, 7) is 0.0676. The van der Waals surface area contributed by atoms with Crippen LogP contribution in [-0.2, 0) is 9.53 Å². The highest BCUT2D eigenvalue weighted by atomic mass is 16.7. The fourth-order valence-electron chi connectivity index (χ4n) is 2.37. The van der Waals surface area contributed by atoms with Crippen LogP contribution in [0.15, 0.2) is 48.5 Å². The van der Waals surface area contributed by atoms with Gasteiger partial charge in [0.2, 0.25) is 6.79 Å². The Bertz CT molecular complexity index is 818. The maximum absolute atomic E-state index is 12.7. The molecule has 1 unspecified atom stereocenters. The van der Waals surface area contributed by atoms with E-state index in [1.54, 1.807) is 36.4 Å². The van der Waals surface area contributed by atoms with E-state index in [1.807, 2.05) is 0 Å². The highest BCUT2D eigenvalue weighted by Crippen LogP contribution is 2.32. The summed E-state index contributed by atoms with van der Waals surface area (Å²) >= 11 is 0. The molecule has 1 N–H and O–H groups in total. The van der Waals surface area contributed by atoms with Crippen molar-refractivity contribution in [3.63, 3.8) is 0 Å². The number of ketones is 1. The van der Waals surface area contributed by atoms with Gasteiger partial charge >= 0.3 is 5.97 Å². The van der Waals surface area contributed by atoms with E-state index in [-0.39, 0.29) is 12.4 Å². The molecule has 1 heterocycles. The lowest BCUT2D eigenvalue weighted by Gasteiger charge is -2.16. The largest absolute Gasteiger partial charge is 0.467 e. The van der Waals surface area contributed by atoms with E-state index in [0.717, 1.165) is 7.11 Å². The summed E-state index contributed by atoms with van der Waals surface area (Å²) < 4.78 is 15.1. The van der Waals surface area contributed by atoms with Crippen LogP contribution in [0.25, 0.3) is 0 Å². The third-order valence-corrected chi connectivity index (χ3v) is 3.67. The molecule has 0 aromatic heterocycles. The number of esters is 1. The molecule has 7 heteroatoms. The normalized spacial score (nSPS) is 13.0. The van der Waals surface area contributed by atoms with Crippen molar-refractivity contribution in [3.8, 4) is 11.5 Å². The Labute approximate surface area is 143 Å². The monoisotopic (exact) mass is 341 g/mol. The van der Waals surface area contributed by atoms with Crippen molar-refractivity contribution in [2.75, 3.05) is 13.9 Å². The molecule has 1 atom stereocenters. The number of amides is 1. The van der Waals surface area contributed by atoms with Crippen molar-refractivity contribution in [3.05, 3.63) is 59.7 Å². The van der Waals surface area contributed by atoms with E-state index in [0.29, 0.717) is 17.1 Å². The molecule has 1 aliphatic rings. The molecule has 0 aliphatic carbocycles. The van der Waals surface area contributed by atoms with E-state index in [9.17, 15) is 14.4 Å². The number of fused-ring (bicyclic) bond motifs is 1. The Morgan fingerprint density at radius 1 is 1.00 bits per heavy atom. The Kier molecular flexibility index (Phi) is 4.65. The number of methoxy groups -OCH3 is 1. The van der Waals surface area contributed by atoms with Crippen molar-refractivity contribution < 1.29 is 28.6 Å². The highest BCUT2D eigenvalue weighted by molar-refractivity contribution is 6.15. The third-order valence-electron chi connectivity index (χ3n) is 3.67. The standard InChI is InChI=1S/C18H15NO6/c1-23-18(22)15(19-17(21)11-5-3-2-4-6-11)16(20)12-7-8-13-14(9-12)25-10-24-13/h2-9,15H,10H2,1H3,(H,19,21). The van der Waals surface area contributed by atoms with Crippen LogP contribution in [0.4, 0.5) is 0 Å². The van der Waals surface area contributed by atoms with Crippen molar-refractivity contribution in [2.45, 2.75) is 6.04 Å². The first kappa shape index (κ1) is 16.5. The van der Waals surface area contributed by atoms with Gasteiger partial charge in [0, 0.05) is 11.1 Å². The summed E-state index contributed by atoms with van der Waals surface area (Å²) in [6.07, 6.45) is 0. The average molecular weight is 341 g/mol. The molecule has 0 bridgehead atoms. The molecule has 0 saturated carbocycles. The van der Waals surface area contributed by atoms with Gasteiger partial charge in [-0.25, -0.2) is 4.79 Å². The number of ether oxygens (including phenoxy) is 3. The molecule has 3 rings (SSSR count). The van der Waals surface area contributed by atoms with E-state index in [2.05, 4.69) is 10.1 Å². The minimum absolute atomic E-state index is 0.0676. The van der Waals surface area contributed by atoms with Gasteiger partial charge in [0.05, 0.1) is 7.11 Å². The van der Waals surface area contributed by atoms with E-state index in [4.69, 9.17) is 9.47 Å². The maximum atomic E-state index is 12.7. The van der Waals surface area contributed by atoms with E-state index in [1.165, 1.54) is 12.1 Å². The van der Waals surface area contributed by atoms with Gasteiger partial charge < -0.3 is 19.5 Å². The first-order chi connectivity index (χ1) is 12.1. The van der Waals surface area contributed by atoms with Crippen LogP contribution in [0.5, 0.6) is 11.5 Å². The lowest BCUT2D eigenvalue weighted by atomic mass is 10.0. The number of nitrogens with one attached hydrogen (secondary N) is 1. The second-order valence-electron chi connectivity index (χ2n) is 5.23. The van der Waals surface area contributed by atoms with Crippen molar-refractivity contribution >= 4 is 17.7 Å². The number of Topliss-reactive ketones (excluding diaryl/α,β-unsaturated/α-hetero) is 1. The summed E-state index contributed by atoms with van der Waals surface area (Å²) in [7, 11) is 1.15. The zero-order chi connectivity index (χ0) is 17.8. The predicted octanol–water partition coefficient (Wildman–Crippen LogP) is 1.57. The SMILES string of the molecule is COC(=O)C(NC(=O)c1ccccc1)C(=O)c1ccc2c(c1)OCO2. The van der Waals surface area contributed by atoms with Crippen molar-refractivity contribution in [1.29, 1.82) is 0 Å². The third kappa shape index (κ3) is 3.45. The minimum atomic E-state index is -1.46. The van der Waals surface area contributed by atoms with Gasteiger partial charge in [0.25, 0.3) is 5.91 Å². The average Bonchev–Trinajstić information content (AvgIpc) is 3.13. The highest BCUT2D eigenvalue weighted by Gasteiger charge is 2.31. The Morgan fingerprint density at radius 3 is 2.44 bits per heavy atom. The summed E-state index contributed by atoms with van der Waals surface area (Å²) in [5.41, 5.74) is 0.530. The summed E-state index contributed by atoms with van der Waals surface area (Å²) in [5.74, 6) is -1.09. The van der Waals surface area contributed by atoms with Crippen molar-refractivity contribution in [1.82, 2.24) is 5.32 Å². The second kappa shape index (κ2) is 7.04. The quantitative estimate of drug-likeness (QED) is 0.504. The molecule has 1 amide bonds. The number of hydrogen-bond donors (Lipinski definition) is 1. The zero-order valence-corrected chi connectivity index (χ0v) is 13.4. The maximum Gasteiger partial charge on any atom is 0.336 e. The van der Waals surface area contributed by atoms with Crippen LogP contribution >= 0.6 is 0 Å². The molecule has 2 aromatic rings. The van der Waals surface area contributed by atoms with Gasteiger partial charge in [0.1, 0.15) is 0 Å². The number of carbonyl (C=O) groups is 3.